The van der Waals surface area contributed by atoms with E-state index < -0.39 is 0 Å². The molecule has 3 aromatic rings. The van der Waals surface area contributed by atoms with E-state index in [1.807, 2.05) is 12.1 Å². The molecule has 2 aromatic carbocycles. The van der Waals surface area contributed by atoms with Crippen LogP contribution in [0, 0.1) is 5.92 Å². The van der Waals surface area contributed by atoms with Crippen LogP contribution in [-0.4, -0.2) is 37.1 Å². The first kappa shape index (κ1) is 17.2. The molecule has 1 aliphatic carbocycles. The Morgan fingerprint density at radius 3 is 2.96 bits per heavy atom. The van der Waals surface area contributed by atoms with E-state index in [0.717, 1.165) is 36.7 Å². The summed E-state index contributed by atoms with van der Waals surface area (Å²) in [7, 11) is 4.00. The second kappa shape index (κ2) is 6.29. The van der Waals surface area contributed by atoms with Gasteiger partial charge in [0.15, 0.2) is 0 Å². The first-order valence-corrected chi connectivity index (χ1v) is 10.1. The second-order valence-corrected chi connectivity index (χ2v) is 8.69. The fraction of sp³-hybridized carbons (Fsp3) is 0.391. The van der Waals surface area contributed by atoms with Crippen LogP contribution in [-0.2, 0) is 18.3 Å². The van der Waals surface area contributed by atoms with E-state index in [0.29, 0.717) is 5.92 Å². The van der Waals surface area contributed by atoms with Crippen molar-refractivity contribution in [2.75, 3.05) is 27.2 Å². The number of H-pyrrole nitrogens is 1. The van der Waals surface area contributed by atoms with Crippen molar-refractivity contribution in [1.82, 2.24) is 9.88 Å². The molecule has 0 bridgehead atoms. The van der Waals surface area contributed by atoms with Crippen LogP contribution in [0.15, 0.2) is 42.5 Å². The van der Waals surface area contributed by atoms with E-state index in [-0.39, 0.29) is 5.41 Å². The standard InChI is InChI=1S/C23H25ClN2O/c1-26-9-8-23(15-4-3-5-18(10-15)27-2)13-22-20(11-16(23)14-26)19-7-6-17(24)12-21(19)25-22/h3-7,10,12,16,25H,8-9,11,13-14H2,1-2H3/t16?,23-/m1/s1. The number of nitrogens with one attached hydrogen (secondary N) is 1. The normalized spacial score (nSPS) is 25.2. The second-order valence-electron chi connectivity index (χ2n) is 8.25. The van der Waals surface area contributed by atoms with Crippen LogP contribution in [0.5, 0.6) is 5.75 Å². The van der Waals surface area contributed by atoms with Gasteiger partial charge < -0.3 is 14.6 Å². The summed E-state index contributed by atoms with van der Waals surface area (Å²) in [6.07, 6.45) is 3.34. The highest BCUT2D eigenvalue weighted by Gasteiger charge is 2.47. The van der Waals surface area contributed by atoms with Crippen molar-refractivity contribution in [2.45, 2.75) is 24.7 Å². The number of aromatic amines is 1. The van der Waals surface area contributed by atoms with Gasteiger partial charge in [-0.1, -0.05) is 29.8 Å². The predicted molar refractivity (Wildman–Crippen MR) is 111 cm³/mol. The Morgan fingerprint density at radius 1 is 1.22 bits per heavy atom. The first-order valence-electron chi connectivity index (χ1n) is 9.71. The SMILES string of the molecule is COc1cccc([C@]23CCN(C)CC2Cc2c([nH]c4cc(Cl)ccc24)C3)c1. The molecule has 0 radical (unpaired) electrons. The minimum absolute atomic E-state index is 0.165. The molecule has 2 aliphatic rings. The predicted octanol–water partition coefficient (Wildman–Crippen LogP) is 4.82. The molecule has 27 heavy (non-hydrogen) atoms. The third-order valence-electron chi connectivity index (χ3n) is 6.80. The number of fused-ring (bicyclic) bond motifs is 4. The lowest BCUT2D eigenvalue weighted by molar-refractivity contribution is 0.0994. The van der Waals surface area contributed by atoms with E-state index in [1.54, 1.807) is 7.11 Å². The quantitative estimate of drug-likeness (QED) is 0.690. The molecule has 2 heterocycles. The van der Waals surface area contributed by atoms with Crippen molar-refractivity contribution in [1.29, 1.82) is 0 Å². The lowest BCUT2D eigenvalue weighted by Crippen LogP contribution is -2.52. The number of ether oxygens (including phenoxy) is 1. The van der Waals surface area contributed by atoms with E-state index in [2.05, 4.69) is 47.3 Å². The number of nitrogens with zero attached hydrogens (tertiary/aromatic N) is 1. The third kappa shape index (κ3) is 2.67. The fourth-order valence-corrected chi connectivity index (χ4v) is 5.55. The molecule has 1 aromatic heterocycles. The van der Waals surface area contributed by atoms with Gasteiger partial charge in [0.2, 0.25) is 0 Å². The molecule has 0 amide bonds. The minimum Gasteiger partial charge on any atom is -0.497 e. The largest absolute Gasteiger partial charge is 0.497 e. The van der Waals surface area contributed by atoms with Gasteiger partial charge in [0, 0.05) is 33.6 Å². The monoisotopic (exact) mass is 380 g/mol. The Balaban J connectivity index is 1.66. The summed E-state index contributed by atoms with van der Waals surface area (Å²) >= 11 is 6.24. The first-order chi connectivity index (χ1) is 13.1. The molecule has 5 rings (SSSR count). The Morgan fingerprint density at radius 2 is 2.11 bits per heavy atom. The van der Waals surface area contributed by atoms with Crippen LogP contribution in [0.1, 0.15) is 23.2 Å². The summed E-state index contributed by atoms with van der Waals surface area (Å²) < 4.78 is 5.54. The Labute approximate surface area is 165 Å². The van der Waals surface area contributed by atoms with Gasteiger partial charge in [-0.3, -0.25) is 0 Å². The van der Waals surface area contributed by atoms with Crippen LogP contribution < -0.4 is 4.74 Å². The number of aromatic nitrogens is 1. The molecule has 0 saturated carbocycles. The van der Waals surface area contributed by atoms with Crippen LogP contribution >= 0.6 is 11.6 Å². The topological polar surface area (TPSA) is 28.3 Å². The molecule has 1 aliphatic heterocycles. The summed E-state index contributed by atoms with van der Waals surface area (Å²) in [5.41, 5.74) is 5.62. The number of hydrogen-bond acceptors (Lipinski definition) is 2. The molecular formula is C23H25ClN2O. The molecule has 1 unspecified atom stereocenters. The lowest BCUT2D eigenvalue weighted by atomic mass is 9.59. The third-order valence-corrected chi connectivity index (χ3v) is 7.03. The van der Waals surface area contributed by atoms with Crippen LogP contribution in [0.25, 0.3) is 10.9 Å². The molecular weight excluding hydrogens is 356 g/mol. The summed E-state index contributed by atoms with van der Waals surface area (Å²) in [5, 5.41) is 2.13. The van der Waals surface area contributed by atoms with Gasteiger partial charge in [0.25, 0.3) is 0 Å². The average molecular weight is 381 g/mol. The summed E-state index contributed by atoms with van der Waals surface area (Å²) in [6, 6.07) is 15.0. The molecule has 140 valence electrons. The van der Waals surface area contributed by atoms with E-state index in [9.17, 15) is 0 Å². The zero-order chi connectivity index (χ0) is 18.6. The number of rotatable bonds is 2. The number of hydrogen-bond donors (Lipinski definition) is 1. The number of halogens is 1. The van der Waals surface area contributed by atoms with Gasteiger partial charge in [-0.25, -0.2) is 0 Å². The average Bonchev–Trinajstić information content (AvgIpc) is 3.02. The molecule has 4 heteroatoms. The van der Waals surface area contributed by atoms with Crippen LogP contribution in [0.2, 0.25) is 5.02 Å². The fourth-order valence-electron chi connectivity index (χ4n) is 5.37. The van der Waals surface area contributed by atoms with Gasteiger partial charge in [0.05, 0.1) is 7.11 Å². The molecule has 1 fully saturated rings. The molecule has 3 nitrogen and oxygen atoms in total. The summed E-state index contributed by atoms with van der Waals surface area (Å²) in [5.74, 6) is 1.55. The zero-order valence-electron chi connectivity index (χ0n) is 15.9. The number of likely N-dealkylation sites (tertiary alicyclic amines) is 1. The van der Waals surface area contributed by atoms with E-state index in [4.69, 9.17) is 16.3 Å². The van der Waals surface area contributed by atoms with Crippen molar-refractivity contribution in [3.8, 4) is 5.75 Å². The van der Waals surface area contributed by atoms with Crippen molar-refractivity contribution < 1.29 is 4.74 Å². The van der Waals surface area contributed by atoms with Gasteiger partial charge >= 0.3 is 0 Å². The zero-order valence-corrected chi connectivity index (χ0v) is 16.6. The Bertz CT molecular complexity index is 1010. The van der Waals surface area contributed by atoms with Crippen molar-refractivity contribution >= 4 is 22.5 Å². The van der Waals surface area contributed by atoms with Crippen molar-refractivity contribution in [2.24, 2.45) is 5.92 Å². The van der Waals surface area contributed by atoms with Gasteiger partial charge in [0.1, 0.15) is 5.75 Å². The van der Waals surface area contributed by atoms with Crippen molar-refractivity contribution in [3.05, 3.63) is 64.3 Å². The highest BCUT2D eigenvalue weighted by Crippen LogP contribution is 2.49. The maximum absolute atomic E-state index is 6.24. The van der Waals surface area contributed by atoms with E-state index >= 15 is 0 Å². The van der Waals surface area contributed by atoms with Gasteiger partial charge in [-0.2, -0.15) is 0 Å². The highest BCUT2D eigenvalue weighted by molar-refractivity contribution is 6.31. The summed E-state index contributed by atoms with van der Waals surface area (Å²) in [6.45, 7) is 2.27. The number of methoxy groups -OCH3 is 1. The maximum Gasteiger partial charge on any atom is 0.119 e. The smallest absolute Gasteiger partial charge is 0.119 e. The molecule has 0 spiro atoms. The Kier molecular flexibility index (Phi) is 3.99. The van der Waals surface area contributed by atoms with Crippen molar-refractivity contribution in [3.63, 3.8) is 0 Å². The highest BCUT2D eigenvalue weighted by atomic mass is 35.5. The Hall–Kier alpha value is -1.97. The minimum atomic E-state index is 0.165. The number of benzene rings is 2. The molecule has 1 N–H and O–H groups in total. The summed E-state index contributed by atoms with van der Waals surface area (Å²) in [4.78, 5) is 6.18. The van der Waals surface area contributed by atoms with Gasteiger partial charge in [-0.15, -0.1) is 0 Å². The number of piperidine rings is 1. The van der Waals surface area contributed by atoms with E-state index in [1.165, 1.54) is 34.1 Å². The molecule has 1 saturated heterocycles. The molecule has 2 atom stereocenters. The maximum atomic E-state index is 6.24. The van der Waals surface area contributed by atoms with Crippen LogP contribution in [0.4, 0.5) is 0 Å². The van der Waals surface area contributed by atoms with Crippen LogP contribution in [0.3, 0.4) is 0 Å². The van der Waals surface area contributed by atoms with Gasteiger partial charge in [-0.05, 0) is 74.2 Å². The lowest BCUT2D eigenvalue weighted by Gasteiger charge is -2.50.